The van der Waals surface area contributed by atoms with E-state index in [-0.39, 0.29) is 23.0 Å². The molecule has 0 radical (unpaired) electrons. The van der Waals surface area contributed by atoms with Gasteiger partial charge in [-0.05, 0) is 27.7 Å². The van der Waals surface area contributed by atoms with Crippen molar-refractivity contribution in [3.8, 4) is 0 Å². The molecule has 26 heavy (non-hydrogen) atoms. The van der Waals surface area contributed by atoms with E-state index in [2.05, 4.69) is 69.3 Å². The minimum absolute atomic E-state index is 0.0597. The number of Topliss-reactive ketones (excluding diaryl/α,β-unsaturated/α-hetero) is 1. The van der Waals surface area contributed by atoms with E-state index in [0.29, 0.717) is 0 Å². The molecule has 2 atom stereocenters. The van der Waals surface area contributed by atoms with Crippen molar-refractivity contribution in [3.05, 3.63) is 107 Å². The lowest BCUT2D eigenvalue weighted by Gasteiger charge is -2.23. The van der Waals surface area contributed by atoms with Crippen LogP contribution < -0.4 is 0 Å². The van der Waals surface area contributed by atoms with Crippen molar-refractivity contribution >= 4 is 5.78 Å². The molecule has 2 unspecified atom stereocenters. The Hall–Kier alpha value is -2.67. The van der Waals surface area contributed by atoms with E-state index in [1.54, 1.807) is 0 Å². The minimum Gasteiger partial charge on any atom is -0.293 e. The molecule has 0 bridgehead atoms. The van der Waals surface area contributed by atoms with Crippen molar-refractivity contribution < 1.29 is 4.79 Å². The molecule has 0 amide bonds. The number of fused-ring (bicyclic) bond motifs is 1. The average molecular weight is 340 g/mol. The quantitative estimate of drug-likeness (QED) is 0.551. The standard InChI is InChI=1S/C25H24O/c1-25(2,3)19-14-15-20-21(16-19)22(17-10-6-4-7-11-17)23(24(20)26)18-12-8-5-9-13-18/h4-16,22-23H,1-3H3. The first-order chi connectivity index (χ1) is 12.5. The summed E-state index contributed by atoms with van der Waals surface area (Å²) in [5.41, 5.74) is 5.69. The number of benzene rings is 3. The molecule has 0 aromatic heterocycles. The molecule has 1 nitrogen and oxygen atoms in total. The first-order valence-electron chi connectivity index (χ1n) is 9.25. The first kappa shape index (κ1) is 16.8. The molecule has 4 rings (SSSR count). The molecule has 1 heteroatoms. The second-order valence-corrected chi connectivity index (χ2v) is 8.19. The smallest absolute Gasteiger partial charge is 0.171 e. The Morgan fingerprint density at radius 1 is 0.692 bits per heavy atom. The molecule has 1 aliphatic rings. The van der Waals surface area contributed by atoms with E-state index in [1.807, 2.05) is 30.3 Å². The third-order valence-corrected chi connectivity index (χ3v) is 5.45. The van der Waals surface area contributed by atoms with Gasteiger partial charge in [0, 0.05) is 11.5 Å². The average Bonchev–Trinajstić information content (AvgIpc) is 2.95. The number of hydrogen-bond acceptors (Lipinski definition) is 1. The zero-order valence-corrected chi connectivity index (χ0v) is 15.6. The van der Waals surface area contributed by atoms with E-state index in [0.717, 1.165) is 11.1 Å². The Morgan fingerprint density at radius 2 is 1.23 bits per heavy atom. The van der Waals surface area contributed by atoms with Crippen molar-refractivity contribution in [1.29, 1.82) is 0 Å². The van der Waals surface area contributed by atoms with Crippen LogP contribution in [-0.4, -0.2) is 5.78 Å². The maximum atomic E-state index is 13.3. The summed E-state index contributed by atoms with van der Waals surface area (Å²) in [7, 11) is 0. The van der Waals surface area contributed by atoms with Crippen LogP contribution in [0.4, 0.5) is 0 Å². The highest BCUT2D eigenvalue weighted by molar-refractivity contribution is 6.07. The van der Waals surface area contributed by atoms with Gasteiger partial charge in [0.1, 0.15) is 0 Å². The van der Waals surface area contributed by atoms with E-state index >= 15 is 0 Å². The van der Waals surface area contributed by atoms with Crippen LogP contribution >= 0.6 is 0 Å². The largest absolute Gasteiger partial charge is 0.293 e. The van der Waals surface area contributed by atoms with Crippen molar-refractivity contribution in [2.24, 2.45) is 0 Å². The summed E-state index contributed by atoms with van der Waals surface area (Å²) in [6.07, 6.45) is 0. The highest BCUT2D eigenvalue weighted by atomic mass is 16.1. The second-order valence-electron chi connectivity index (χ2n) is 8.19. The Bertz CT molecular complexity index is 933. The summed E-state index contributed by atoms with van der Waals surface area (Å²) in [5, 5.41) is 0. The molecule has 1 aliphatic carbocycles. The topological polar surface area (TPSA) is 17.1 Å². The molecular weight excluding hydrogens is 316 g/mol. The third kappa shape index (κ3) is 2.78. The van der Waals surface area contributed by atoms with E-state index in [9.17, 15) is 4.79 Å². The number of carbonyl (C=O) groups is 1. The van der Waals surface area contributed by atoms with Gasteiger partial charge in [0.25, 0.3) is 0 Å². The summed E-state index contributed by atoms with van der Waals surface area (Å²) in [6.45, 7) is 6.66. The van der Waals surface area contributed by atoms with Gasteiger partial charge < -0.3 is 0 Å². The summed E-state index contributed by atoms with van der Waals surface area (Å²) in [5.74, 6) is 0.160. The van der Waals surface area contributed by atoms with Crippen LogP contribution in [-0.2, 0) is 5.41 Å². The Kier molecular flexibility index (Phi) is 4.03. The fraction of sp³-hybridized carbons (Fsp3) is 0.240. The SMILES string of the molecule is CC(C)(C)c1ccc2c(c1)C(c1ccccc1)C(c1ccccc1)C2=O. The molecule has 3 aromatic carbocycles. The number of rotatable bonds is 2. The first-order valence-corrected chi connectivity index (χ1v) is 9.25. The molecule has 0 heterocycles. The van der Waals surface area contributed by atoms with Gasteiger partial charge in [-0.1, -0.05) is 99.6 Å². The maximum absolute atomic E-state index is 13.3. The molecule has 0 saturated heterocycles. The van der Waals surface area contributed by atoms with E-state index in [4.69, 9.17) is 0 Å². The van der Waals surface area contributed by atoms with Gasteiger partial charge in [0.2, 0.25) is 0 Å². The van der Waals surface area contributed by atoms with Crippen molar-refractivity contribution in [1.82, 2.24) is 0 Å². The number of ketones is 1. The van der Waals surface area contributed by atoms with Crippen LogP contribution in [0.15, 0.2) is 78.9 Å². The molecule has 0 N–H and O–H groups in total. The molecule has 0 saturated carbocycles. The van der Waals surface area contributed by atoms with Gasteiger partial charge in [0.05, 0.1) is 5.92 Å². The Labute approximate surface area is 155 Å². The van der Waals surface area contributed by atoms with E-state index < -0.39 is 0 Å². The minimum atomic E-state index is -0.149. The highest BCUT2D eigenvalue weighted by Crippen LogP contribution is 2.48. The summed E-state index contributed by atoms with van der Waals surface area (Å²) in [6, 6.07) is 27.1. The molecule has 0 spiro atoms. The zero-order valence-electron chi connectivity index (χ0n) is 15.6. The maximum Gasteiger partial charge on any atom is 0.171 e. The predicted octanol–water partition coefficient (Wildman–Crippen LogP) is 6.10. The van der Waals surface area contributed by atoms with Crippen molar-refractivity contribution in [2.45, 2.75) is 38.0 Å². The summed E-state index contributed by atoms with van der Waals surface area (Å²) >= 11 is 0. The van der Waals surface area contributed by atoms with Crippen molar-refractivity contribution in [3.63, 3.8) is 0 Å². The predicted molar refractivity (Wildman–Crippen MR) is 107 cm³/mol. The van der Waals surface area contributed by atoms with Crippen LogP contribution in [0.3, 0.4) is 0 Å². The van der Waals surface area contributed by atoms with Gasteiger partial charge in [-0.15, -0.1) is 0 Å². The van der Waals surface area contributed by atoms with Gasteiger partial charge in [0.15, 0.2) is 5.78 Å². The Balaban J connectivity index is 1.93. The van der Waals surface area contributed by atoms with Crippen LogP contribution in [0.1, 0.15) is 65.2 Å². The second kappa shape index (κ2) is 6.25. The summed E-state index contributed by atoms with van der Waals surface area (Å²) < 4.78 is 0. The normalized spacial score (nSPS) is 19.4. The fourth-order valence-electron chi connectivity index (χ4n) is 4.05. The lowest BCUT2D eigenvalue weighted by Crippen LogP contribution is -2.13. The molecule has 0 aliphatic heterocycles. The summed E-state index contributed by atoms with van der Waals surface area (Å²) in [4.78, 5) is 13.3. The molecule has 0 fully saturated rings. The van der Waals surface area contributed by atoms with Crippen LogP contribution in [0.25, 0.3) is 0 Å². The van der Waals surface area contributed by atoms with E-state index in [1.165, 1.54) is 16.7 Å². The lowest BCUT2D eigenvalue weighted by molar-refractivity contribution is 0.0968. The van der Waals surface area contributed by atoms with Crippen LogP contribution in [0.2, 0.25) is 0 Å². The third-order valence-electron chi connectivity index (χ3n) is 5.45. The monoisotopic (exact) mass is 340 g/mol. The molecule has 3 aromatic rings. The fourth-order valence-corrected chi connectivity index (χ4v) is 4.05. The number of carbonyl (C=O) groups excluding carboxylic acids is 1. The lowest BCUT2D eigenvalue weighted by atomic mass is 9.80. The van der Waals surface area contributed by atoms with Gasteiger partial charge in [-0.3, -0.25) is 4.79 Å². The molecular formula is C25H24O. The van der Waals surface area contributed by atoms with Gasteiger partial charge in [-0.2, -0.15) is 0 Å². The number of hydrogen-bond donors (Lipinski definition) is 0. The van der Waals surface area contributed by atoms with Gasteiger partial charge in [-0.25, -0.2) is 0 Å². The zero-order chi connectivity index (χ0) is 18.3. The highest BCUT2D eigenvalue weighted by Gasteiger charge is 2.41. The van der Waals surface area contributed by atoms with Crippen LogP contribution in [0, 0.1) is 0 Å². The molecule has 130 valence electrons. The van der Waals surface area contributed by atoms with Gasteiger partial charge >= 0.3 is 0 Å². The van der Waals surface area contributed by atoms with Crippen molar-refractivity contribution in [2.75, 3.05) is 0 Å². The Morgan fingerprint density at radius 3 is 1.77 bits per heavy atom. The van der Waals surface area contributed by atoms with Crippen LogP contribution in [0.5, 0.6) is 0 Å².